The zero-order valence-electron chi connectivity index (χ0n) is 13.8. The summed E-state index contributed by atoms with van der Waals surface area (Å²) in [7, 11) is 2.97. The Morgan fingerprint density at radius 3 is 2.68 bits per heavy atom. The van der Waals surface area contributed by atoms with Gasteiger partial charge in [0.1, 0.15) is 17.4 Å². The van der Waals surface area contributed by atoms with Crippen LogP contribution in [0.15, 0.2) is 35.1 Å². The first-order chi connectivity index (χ1) is 11.9. The molecule has 0 aliphatic carbocycles. The summed E-state index contributed by atoms with van der Waals surface area (Å²) in [5, 5.41) is 13.7. The molecule has 7 nitrogen and oxygen atoms in total. The highest BCUT2D eigenvalue weighted by Crippen LogP contribution is 2.36. The second kappa shape index (κ2) is 6.54. The van der Waals surface area contributed by atoms with Crippen molar-refractivity contribution in [2.45, 2.75) is 5.92 Å². The molecule has 0 bridgehead atoms. The van der Waals surface area contributed by atoms with Crippen molar-refractivity contribution in [1.82, 2.24) is 9.78 Å². The molecule has 2 aromatic rings. The minimum Gasteiger partial charge on any atom is -0.497 e. The van der Waals surface area contributed by atoms with Gasteiger partial charge in [-0.1, -0.05) is 6.07 Å². The molecule has 1 aromatic heterocycles. The fraction of sp³-hybridized carbons (Fsp3) is 0.353. The highest BCUT2D eigenvalue weighted by atomic mass is 19.1. The first kappa shape index (κ1) is 16.9. The lowest BCUT2D eigenvalue weighted by Crippen LogP contribution is -2.27. The van der Waals surface area contributed by atoms with Gasteiger partial charge in [0.2, 0.25) is 0 Å². The van der Waals surface area contributed by atoms with Gasteiger partial charge in [0, 0.05) is 38.2 Å². The van der Waals surface area contributed by atoms with Gasteiger partial charge in [-0.2, -0.15) is 5.10 Å². The average molecular weight is 347 g/mol. The smallest absolute Gasteiger partial charge is 0.308 e. The summed E-state index contributed by atoms with van der Waals surface area (Å²) < 4.78 is 20.6. The van der Waals surface area contributed by atoms with Gasteiger partial charge in [0.15, 0.2) is 0 Å². The lowest BCUT2D eigenvalue weighted by Gasteiger charge is -2.18. The average Bonchev–Trinajstić information content (AvgIpc) is 3.02. The van der Waals surface area contributed by atoms with E-state index in [1.165, 1.54) is 31.0 Å². The van der Waals surface area contributed by atoms with Gasteiger partial charge in [-0.25, -0.2) is 9.07 Å². The van der Waals surface area contributed by atoms with Crippen LogP contribution in [-0.4, -0.2) is 41.1 Å². The molecule has 8 heteroatoms. The van der Waals surface area contributed by atoms with Crippen LogP contribution in [0.25, 0.3) is 0 Å². The van der Waals surface area contributed by atoms with Crippen LogP contribution in [0.2, 0.25) is 0 Å². The molecule has 1 N–H and O–H groups in total. The summed E-state index contributed by atoms with van der Waals surface area (Å²) in [6.07, 6.45) is 0. The molecular formula is C17H18FN3O4. The second-order valence-electron chi connectivity index (χ2n) is 6.00. The van der Waals surface area contributed by atoms with Crippen LogP contribution in [0.3, 0.4) is 0 Å². The summed E-state index contributed by atoms with van der Waals surface area (Å²) in [4.78, 5) is 24.9. The standard InChI is InChI=1S/C17H18FN3O4/c1-20-16(22)6-5-15(19-20)21-8-12(13(9-21)17(23)24)11-4-3-10(25-2)7-14(11)18/h3-7,12-13H,8-9H2,1-2H3,(H,23,24)/t12-,13+/m0/s1. The highest BCUT2D eigenvalue weighted by Gasteiger charge is 2.40. The fourth-order valence-electron chi connectivity index (χ4n) is 3.15. The Bertz CT molecular complexity index is 867. The van der Waals surface area contributed by atoms with Crippen molar-refractivity contribution in [2.24, 2.45) is 13.0 Å². The minimum atomic E-state index is -0.993. The van der Waals surface area contributed by atoms with Crippen molar-refractivity contribution in [3.63, 3.8) is 0 Å². The van der Waals surface area contributed by atoms with Crippen LogP contribution in [0.5, 0.6) is 5.75 Å². The maximum atomic E-state index is 14.4. The van der Waals surface area contributed by atoms with E-state index in [0.717, 1.165) is 0 Å². The third-order valence-electron chi connectivity index (χ3n) is 4.51. The number of anilines is 1. The topological polar surface area (TPSA) is 84.7 Å². The van der Waals surface area contributed by atoms with Crippen LogP contribution in [0.4, 0.5) is 10.2 Å². The first-order valence-electron chi connectivity index (χ1n) is 7.76. The number of aryl methyl sites for hydroxylation is 1. The molecule has 1 aliphatic rings. The van der Waals surface area contributed by atoms with Gasteiger partial charge in [0.25, 0.3) is 5.56 Å². The lowest BCUT2D eigenvalue weighted by atomic mass is 9.88. The zero-order valence-corrected chi connectivity index (χ0v) is 13.8. The van der Waals surface area contributed by atoms with E-state index in [4.69, 9.17) is 4.74 Å². The van der Waals surface area contributed by atoms with Crippen LogP contribution < -0.4 is 15.2 Å². The number of carbonyl (C=O) groups is 1. The number of hydrogen-bond donors (Lipinski definition) is 1. The molecule has 1 aromatic carbocycles. The number of benzene rings is 1. The largest absolute Gasteiger partial charge is 0.497 e. The third kappa shape index (κ3) is 3.19. The van der Waals surface area contributed by atoms with Crippen molar-refractivity contribution in [2.75, 3.05) is 25.1 Å². The van der Waals surface area contributed by atoms with E-state index in [1.54, 1.807) is 23.1 Å². The molecule has 1 saturated heterocycles. The second-order valence-corrected chi connectivity index (χ2v) is 6.00. The molecule has 1 fully saturated rings. The number of aliphatic carboxylic acids is 1. The molecule has 0 saturated carbocycles. The van der Waals surface area contributed by atoms with E-state index in [-0.39, 0.29) is 12.1 Å². The molecule has 1 aliphatic heterocycles. The number of carboxylic acid groups (broad SMARTS) is 1. The fourth-order valence-corrected chi connectivity index (χ4v) is 3.15. The quantitative estimate of drug-likeness (QED) is 0.896. The number of halogens is 1. The summed E-state index contributed by atoms with van der Waals surface area (Å²) in [5.41, 5.74) is 0.0796. The van der Waals surface area contributed by atoms with E-state index in [0.29, 0.717) is 23.7 Å². The maximum Gasteiger partial charge on any atom is 0.308 e. The normalized spacial score (nSPS) is 19.9. The first-order valence-corrected chi connectivity index (χ1v) is 7.76. The zero-order chi connectivity index (χ0) is 18.1. The Kier molecular flexibility index (Phi) is 4.43. The molecular weight excluding hydrogens is 329 g/mol. The van der Waals surface area contributed by atoms with E-state index in [2.05, 4.69) is 5.10 Å². The van der Waals surface area contributed by atoms with Crippen LogP contribution in [0.1, 0.15) is 11.5 Å². The van der Waals surface area contributed by atoms with Crippen LogP contribution in [0, 0.1) is 11.7 Å². The SMILES string of the molecule is COc1ccc([C@@H]2CN(c3ccc(=O)n(C)n3)C[C@H]2C(=O)O)c(F)c1. The van der Waals surface area contributed by atoms with Gasteiger partial charge < -0.3 is 14.7 Å². The van der Waals surface area contributed by atoms with E-state index < -0.39 is 23.6 Å². The molecule has 2 atom stereocenters. The number of ether oxygens (including phenoxy) is 1. The van der Waals surface area contributed by atoms with Gasteiger partial charge in [0.05, 0.1) is 13.0 Å². The van der Waals surface area contributed by atoms with Gasteiger partial charge in [-0.15, -0.1) is 0 Å². The Morgan fingerprint density at radius 1 is 1.32 bits per heavy atom. The number of carboxylic acids is 1. The highest BCUT2D eigenvalue weighted by molar-refractivity contribution is 5.74. The van der Waals surface area contributed by atoms with E-state index >= 15 is 0 Å². The molecule has 2 heterocycles. The van der Waals surface area contributed by atoms with E-state index in [1.807, 2.05) is 0 Å². The number of methoxy groups -OCH3 is 1. The van der Waals surface area contributed by atoms with Crippen molar-refractivity contribution >= 4 is 11.8 Å². The van der Waals surface area contributed by atoms with Crippen molar-refractivity contribution in [3.05, 3.63) is 52.1 Å². The van der Waals surface area contributed by atoms with Crippen molar-refractivity contribution in [3.8, 4) is 5.75 Å². The number of aromatic nitrogens is 2. The Balaban J connectivity index is 1.94. The molecule has 132 valence electrons. The minimum absolute atomic E-state index is 0.191. The number of nitrogens with zero attached hydrogens (tertiary/aromatic N) is 3. The van der Waals surface area contributed by atoms with Crippen molar-refractivity contribution in [1.29, 1.82) is 0 Å². The lowest BCUT2D eigenvalue weighted by molar-refractivity contribution is -0.141. The molecule has 0 amide bonds. The number of rotatable bonds is 4. The summed E-state index contributed by atoms with van der Waals surface area (Å²) in [6.45, 7) is 0.488. The van der Waals surface area contributed by atoms with Gasteiger partial charge in [-0.3, -0.25) is 9.59 Å². The Labute approximate surface area is 143 Å². The molecule has 0 unspecified atom stereocenters. The Morgan fingerprint density at radius 2 is 2.08 bits per heavy atom. The molecule has 25 heavy (non-hydrogen) atoms. The van der Waals surface area contributed by atoms with Crippen LogP contribution >= 0.6 is 0 Å². The predicted octanol–water partition coefficient (Wildman–Crippen LogP) is 1.23. The summed E-state index contributed by atoms with van der Waals surface area (Å²) in [6, 6.07) is 7.35. The maximum absolute atomic E-state index is 14.4. The van der Waals surface area contributed by atoms with Gasteiger partial charge in [-0.05, 0) is 17.7 Å². The monoisotopic (exact) mass is 347 g/mol. The molecule has 3 rings (SSSR count). The molecule has 0 radical (unpaired) electrons. The van der Waals surface area contributed by atoms with Gasteiger partial charge >= 0.3 is 5.97 Å². The summed E-state index contributed by atoms with van der Waals surface area (Å²) in [5.74, 6) is -1.92. The predicted molar refractivity (Wildman–Crippen MR) is 88.5 cm³/mol. The van der Waals surface area contributed by atoms with Crippen LogP contribution in [-0.2, 0) is 11.8 Å². The van der Waals surface area contributed by atoms with E-state index in [9.17, 15) is 19.1 Å². The van der Waals surface area contributed by atoms with Crippen molar-refractivity contribution < 1.29 is 19.0 Å². The summed E-state index contributed by atoms with van der Waals surface area (Å²) >= 11 is 0. The number of hydrogen-bond acceptors (Lipinski definition) is 5. The third-order valence-corrected chi connectivity index (χ3v) is 4.51. The molecule has 0 spiro atoms. The Hall–Kier alpha value is -2.90.